The molecule has 0 unspecified atom stereocenters. The number of amides is 1. The maximum absolute atomic E-state index is 12.6. The molecule has 2 saturated heterocycles. The zero-order valence-electron chi connectivity index (χ0n) is 14.1. The smallest absolute Gasteiger partial charge is 0.251 e. The predicted octanol–water partition coefficient (Wildman–Crippen LogP) is 1.94. The van der Waals surface area contributed by atoms with Crippen LogP contribution in [0.1, 0.15) is 44.2 Å². The van der Waals surface area contributed by atoms with Gasteiger partial charge in [0.1, 0.15) is 6.10 Å². The van der Waals surface area contributed by atoms with Crippen molar-refractivity contribution in [2.75, 3.05) is 26.3 Å². The Morgan fingerprint density at radius 1 is 1.48 bits per heavy atom. The maximum Gasteiger partial charge on any atom is 0.251 e. The molecule has 3 rings (SSSR count). The van der Waals surface area contributed by atoms with Gasteiger partial charge in [-0.15, -0.1) is 0 Å². The molecule has 2 fully saturated rings. The molecule has 0 bridgehead atoms. The highest BCUT2D eigenvalue weighted by Gasteiger charge is 2.29. The molecular weight excluding hydrogens is 294 g/mol. The van der Waals surface area contributed by atoms with Crippen molar-refractivity contribution in [1.82, 2.24) is 14.7 Å². The van der Waals surface area contributed by atoms with E-state index in [1.54, 1.807) is 0 Å². The molecule has 0 spiro atoms. The number of piperidine rings is 1. The second-order valence-corrected chi connectivity index (χ2v) is 6.69. The number of aryl methyl sites for hydroxylation is 1. The van der Waals surface area contributed by atoms with Gasteiger partial charge in [-0.2, -0.15) is 5.10 Å². The van der Waals surface area contributed by atoms with Gasteiger partial charge in [0, 0.05) is 25.9 Å². The standard InChI is InChI=1S/C17H27N3O3/c1-13-9-18-20(10-13)15-5-3-7-19(11-15)17(21)14(2)23-12-16-6-4-8-22-16/h9-10,14-16H,3-8,11-12H2,1-2H3/t14-,15+,16+/m0/s1. The lowest BCUT2D eigenvalue weighted by molar-refractivity contribution is -0.146. The third kappa shape index (κ3) is 4.12. The number of aromatic nitrogens is 2. The molecule has 0 aromatic carbocycles. The van der Waals surface area contributed by atoms with Gasteiger partial charge in [0.25, 0.3) is 5.91 Å². The van der Waals surface area contributed by atoms with Gasteiger partial charge in [0.2, 0.25) is 0 Å². The van der Waals surface area contributed by atoms with Gasteiger partial charge in [0.05, 0.1) is 24.9 Å². The van der Waals surface area contributed by atoms with Crippen LogP contribution < -0.4 is 0 Å². The van der Waals surface area contributed by atoms with Gasteiger partial charge in [-0.25, -0.2) is 0 Å². The Labute approximate surface area is 137 Å². The first-order chi connectivity index (χ1) is 11.1. The summed E-state index contributed by atoms with van der Waals surface area (Å²) in [6.45, 7) is 6.74. The topological polar surface area (TPSA) is 56.6 Å². The normalized spacial score (nSPS) is 26.4. The molecule has 2 aliphatic rings. The first-order valence-corrected chi connectivity index (χ1v) is 8.66. The molecular formula is C17H27N3O3. The lowest BCUT2D eigenvalue weighted by Crippen LogP contribution is -2.45. The van der Waals surface area contributed by atoms with Crippen molar-refractivity contribution in [3.05, 3.63) is 18.0 Å². The first-order valence-electron chi connectivity index (χ1n) is 8.66. The predicted molar refractivity (Wildman–Crippen MR) is 86.2 cm³/mol. The number of nitrogens with zero attached hydrogens (tertiary/aromatic N) is 3. The van der Waals surface area contributed by atoms with E-state index in [1.807, 2.05) is 29.6 Å². The van der Waals surface area contributed by atoms with Crippen molar-refractivity contribution in [1.29, 1.82) is 0 Å². The minimum atomic E-state index is -0.405. The summed E-state index contributed by atoms with van der Waals surface area (Å²) in [6.07, 6.45) is 7.87. The van der Waals surface area contributed by atoms with Crippen LogP contribution in [0.5, 0.6) is 0 Å². The number of carbonyl (C=O) groups is 1. The Balaban J connectivity index is 1.51. The lowest BCUT2D eigenvalue weighted by atomic mass is 10.1. The molecule has 0 N–H and O–H groups in total. The molecule has 0 aliphatic carbocycles. The molecule has 0 radical (unpaired) electrons. The summed E-state index contributed by atoms with van der Waals surface area (Å²) in [5.74, 6) is 0.0802. The van der Waals surface area contributed by atoms with E-state index < -0.39 is 6.10 Å². The van der Waals surface area contributed by atoms with E-state index in [1.165, 1.54) is 0 Å². The molecule has 2 aliphatic heterocycles. The summed E-state index contributed by atoms with van der Waals surface area (Å²) >= 11 is 0. The van der Waals surface area contributed by atoms with Crippen molar-refractivity contribution in [2.24, 2.45) is 0 Å². The zero-order valence-corrected chi connectivity index (χ0v) is 14.1. The highest BCUT2D eigenvalue weighted by molar-refractivity contribution is 5.80. The molecule has 1 aromatic heterocycles. The summed E-state index contributed by atoms with van der Waals surface area (Å²) in [5, 5.41) is 4.40. The quantitative estimate of drug-likeness (QED) is 0.831. The van der Waals surface area contributed by atoms with E-state index in [0.717, 1.165) is 44.4 Å². The third-order valence-corrected chi connectivity index (χ3v) is 4.72. The van der Waals surface area contributed by atoms with Crippen molar-refractivity contribution in [3.8, 4) is 0 Å². The minimum Gasteiger partial charge on any atom is -0.376 e. The number of ether oxygens (including phenoxy) is 2. The van der Waals surface area contributed by atoms with Gasteiger partial charge < -0.3 is 14.4 Å². The van der Waals surface area contributed by atoms with E-state index in [2.05, 4.69) is 11.3 Å². The molecule has 23 heavy (non-hydrogen) atoms. The second-order valence-electron chi connectivity index (χ2n) is 6.69. The average Bonchev–Trinajstić information content (AvgIpc) is 3.23. The van der Waals surface area contributed by atoms with E-state index in [9.17, 15) is 4.79 Å². The van der Waals surface area contributed by atoms with E-state index in [4.69, 9.17) is 9.47 Å². The van der Waals surface area contributed by atoms with Crippen molar-refractivity contribution in [2.45, 2.75) is 57.8 Å². The summed E-state index contributed by atoms with van der Waals surface area (Å²) in [7, 11) is 0. The van der Waals surface area contributed by atoms with Crippen molar-refractivity contribution < 1.29 is 14.3 Å². The van der Waals surface area contributed by atoms with Crippen LogP contribution in [0, 0.1) is 6.92 Å². The molecule has 1 aromatic rings. The van der Waals surface area contributed by atoms with Crippen LogP contribution in [0.25, 0.3) is 0 Å². The molecule has 3 heterocycles. The van der Waals surface area contributed by atoms with Gasteiger partial charge >= 0.3 is 0 Å². The van der Waals surface area contributed by atoms with Gasteiger partial charge in [-0.05, 0) is 45.1 Å². The fourth-order valence-electron chi connectivity index (χ4n) is 3.36. The molecule has 128 valence electrons. The number of rotatable bonds is 5. The molecule has 0 saturated carbocycles. The molecule has 1 amide bonds. The lowest BCUT2D eigenvalue weighted by Gasteiger charge is -2.34. The highest BCUT2D eigenvalue weighted by atomic mass is 16.5. The Hall–Kier alpha value is -1.40. The van der Waals surface area contributed by atoms with Gasteiger partial charge in [-0.3, -0.25) is 9.48 Å². The van der Waals surface area contributed by atoms with E-state index in [0.29, 0.717) is 13.2 Å². The summed E-state index contributed by atoms with van der Waals surface area (Å²) < 4.78 is 13.3. The average molecular weight is 321 g/mol. The largest absolute Gasteiger partial charge is 0.376 e. The maximum atomic E-state index is 12.6. The van der Waals surface area contributed by atoms with Crippen molar-refractivity contribution in [3.63, 3.8) is 0 Å². The van der Waals surface area contributed by atoms with Crippen LogP contribution in [-0.4, -0.2) is 59.1 Å². The fourth-order valence-corrected chi connectivity index (χ4v) is 3.36. The monoisotopic (exact) mass is 321 g/mol. The second kappa shape index (κ2) is 7.45. The third-order valence-electron chi connectivity index (χ3n) is 4.72. The van der Waals surface area contributed by atoms with Gasteiger partial charge in [0.15, 0.2) is 0 Å². The Morgan fingerprint density at radius 3 is 3.04 bits per heavy atom. The van der Waals surface area contributed by atoms with Crippen molar-refractivity contribution >= 4 is 5.91 Å². The minimum absolute atomic E-state index is 0.0802. The van der Waals surface area contributed by atoms with E-state index >= 15 is 0 Å². The molecule has 3 atom stereocenters. The molecule has 6 nitrogen and oxygen atoms in total. The number of carbonyl (C=O) groups excluding carboxylic acids is 1. The Morgan fingerprint density at radius 2 is 2.35 bits per heavy atom. The SMILES string of the molecule is Cc1cnn([C@@H]2CCCN(C(=O)[C@H](C)OC[C@H]3CCCO3)C2)c1. The summed E-state index contributed by atoms with van der Waals surface area (Å²) in [5.41, 5.74) is 1.15. The number of hydrogen-bond donors (Lipinski definition) is 0. The van der Waals surface area contributed by atoms with Crippen LogP contribution in [0.15, 0.2) is 12.4 Å². The number of hydrogen-bond acceptors (Lipinski definition) is 4. The van der Waals surface area contributed by atoms with Crippen LogP contribution in [0.2, 0.25) is 0 Å². The highest BCUT2D eigenvalue weighted by Crippen LogP contribution is 2.22. The van der Waals surface area contributed by atoms with Crippen LogP contribution in [0.4, 0.5) is 0 Å². The Kier molecular flexibility index (Phi) is 5.33. The van der Waals surface area contributed by atoms with Gasteiger partial charge in [-0.1, -0.05) is 0 Å². The summed E-state index contributed by atoms with van der Waals surface area (Å²) in [6, 6.07) is 0.270. The summed E-state index contributed by atoms with van der Waals surface area (Å²) in [4.78, 5) is 14.5. The van der Waals surface area contributed by atoms with Crippen LogP contribution in [0.3, 0.4) is 0 Å². The molecule has 6 heteroatoms. The zero-order chi connectivity index (χ0) is 16.2. The fraction of sp³-hybridized carbons (Fsp3) is 0.765. The van der Waals surface area contributed by atoms with Crippen LogP contribution >= 0.6 is 0 Å². The number of likely N-dealkylation sites (tertiary alicyclic amines) is 1. The van der Waals surface area contributed by atoms with E-state index in [-0.39, 0.29) is 18.1 Å². The Bertz CT molecular complexity index is 525. The first kappa shape index (κ1) is 16.5. The van der Waals surface area contributed by atoms with Crippen LogP contribution in [-0.2, 0) is 14.3 Å².